The number of anilines is 1. The summed E-state index contributed by atoms with van der Waals surface area (Å²) < 4.78 is 1.93. The summed E-state index contributed by atoms with van der Waals surface area (Å²) >= 11 is 3.38. The largest absolute Gasteiger partial charge is 0.380 e. The maximum atomic E-state index is 11.9. The molecule has 2 saturated heterocycles. The zero-order valence-electron chi connectivity index (χ0n) is 12.0. The van der Waals surface area contributed by atoms with Gasteiger partial charge in [-0.25, -0.2) is 4.68 Å². The minimum absolute atomic E-state index is 0.0943. The van der Waals surface area contributed by atoms with Crippen molar-refractivity contribution in [3.63, 3.8) is 0 Å². The van der Waals surface area contributed by atoms with Crippen LogP contribution in [0, 0.1) is 0 Å². The molecule has 0 saturated carbocycles. The highest BCUT2D eigenvalue weighted by atomic mass is 79.9. The minimum Gasteiger partial charge on any atom is -0.380 e. The normalized spacial score (nSPS) is 30.2. The first-order chi connectivity index (χ1) is 9.56. The third-order valence-corrected chi connectivity index (χ3v) is 5.54. The number of piperidine rings is 2. The second-order valence-corrected chi connectivity index (χ2v) is 6.81. The average Bonchev–Trinajstić information content (AvgIpc) is 2.40. The van der Waals surface area contributed by atoms with Gasteiger partial charge in [-0.1, -0.05) is 6.42 Å². The van der Waals surface area contributed by atoms with Gasteiger partial charge in [0.2, 0.25) is 0 Å². The van der Waals surface area contributed by atoms with Crippen LogP contribution < -0.4 is 10.9 Å². The maximum absolute atomic E-state index is 11.9. The highest BCUT2D eigenvalue weighted by molar-refractivity contribution is 9.10. The fraction of sp³-hybridized carbons (Fsp3) is 0.714. The van der Waals surface area contributed by atoms with Crippen molar-refractivity contribution in [1.29, 1.82) is 0 Å². The Balaban J connectivity index is 1.76. The van der Waals surface area contributed by atoms with E-state index in [9.17, 15) is 4.79 Å². The van der Waals surface area contributed by atoms with E-state index in [1.807, 2.05) is 0 Å². The number of nitrogens with zero attached hydrogens (tertiary/aromatic N) is 3. The standard InChI is InChI=1S/C14H21BrN4O/c1-18-10-4-3-5-11(18)7-9(6-10)17-12-8-16-19(2)14(20)13(12)15/h8-11,17H,3-7H2,1-2H3/t10-,11-/m0/s1. The van der Waals surface area contributed by atoms with Crippen molar-refractivity contribution < 1.29 is 0 Å². The summed E-state index contributed by atoms with van der Waals surface area (Å²) in [6.45, 7) is 0. The van der Waals surface area contributed by atoms with E-state index in [1.165, 1.54) is 23.9 Å². The number of fused-ring (bicyclic) bond motifs is 2. The lowest BCUT2D eigenvalue weighted by molar-refractivity contribution is 0.0608. The number of hydrogen-bond donors (Lipinski definition) is 1. The van der Waals surface area contributed by atoms with Crippen LogP contribution in [0.4, 0.5) is 5.69 Å². The second-order valence-electron chi connectivity index (χ2n) is 6.02. The molecular weight excluding hydrogens is 320 g/mol. The average molecular weight is 341 g/mol. The van der Waals surface area contributed by atoms with E-state index < -0.39 is 0 Å². The van der Waals surface area contributed by atoms with Gasteiger partial charge < -0.3 is 10.2 Å². The third kappa shape index (κ3) is 2.51. The number of aromatic nitrogens is 2. The van der Waals surface area contributed by atoms with E-state index in [0.717, 1.165) is 18.5 Å². The predicted octanol–water partition coefficient (Wildman–Crippen LogP) is 1.97. The van der Waals surface area contributed by atoms with E-state index in [2.05, 4.69) is 38.3 Å². The summed E-state index contributed by atoms with van der Waals surface area (Å²) in [5, 5.41) is 7.61. The number of aryl methyl sites for hydroxylation is 1. The molecule has 0 spiro atoms. The van der Waals surface area contributed by atoms with Gasteiger partial charge in [-0.3, -0.25) is 4.79 Å². The van der Waals surface area contributed by atoms with Crippen LogP contribution >= 0.6 is 15.9 Å². The fourth-order valence-electron chi connectivity index (χ4n) is 3.56. The fourth-order valence-corrected chi connectivity index (χ4v) is 4.04. The van der Waals surface area contributed by atoms with Gasteiger partial charge in [0.15, 0.2) is 0 Å². The van der Waals surface area contributed by atoms with Gasteiger partial charge >= 0.3 is 0 Å². The van der Waals surface area contributed by atoms with Gasteiger partial charge in [0.25, 0.3) is 5.56 Å². The quantitative estimate of drug-likeness (QED) is 0.894. The van der Waals surface area contributed by atoms with Crippen LogP contribution in [0.1, 0.15) is 32.1 Å². The molecule has 2 aliphatic heterocycles. The lowest BCUT2D eigenvalue weighted by Crippen LogP contribution is -2.52. The molecule has 0 unspecified atom stereocenters. The van der Waals surface area contributed by atoms with Crippen LogP contribution in [0.3, 0.4) is 0 Å². The van der Waals surface area contributed by atoms with Crippen molar-refractivity contribution in [3.8, 4) is 0 Å². The van der Waals surface area contributed by atoms with Crippen molar-refractivity contribution in [3.05, 3.63) is 21.0 Å². The molecule has 2 aliphatic rings. The number of rotatable bonds is 2. The molecule has 6 heteroatoms. The first-order valence-electron chi connectivity index (χ1n) is 7.26. The first-order valence-corrected chi connectivity index (χ1v) is 8.06. The van der Waals surface area contributed by atoms with Gasteiger partial charge in [-0.2, -0.15) is 5.10 Å². The van der Waals surface area contributed by atoms with Crippen LogP contribution in [0.2, 0.25) is 0 Å². The monoisotopic (exact) mass is 340 g/mol. The van der Waals surface area contributed by atoms with Crippen molar-refractivity contribution in [2.45, 2.75) is 50.2 Å². The molecule has 20 heavy (non-hydrogen) atoms. The Labute approximate surface area is 127 Å². The molecule has 0 aromatic carbocycles. The summed E-state index contributed by atoms with van der Waals surface area (Å²) in [5.74, 6) is 0. The summed E-state index contributed by atoms with van der Waals surface area (Å²) in [6.07, 6.45) is 7.97. The van der Waals surface area contributed by atoms with Gasteiger partial charge in [-0.15, -0.1) is 0 Å². The van der Waals surface area contributed by atoms with Crippen LogP contribution in [0.25, 0.3) is 0 Å². The van der Waals surface area contributed by atoms with Crippen LogP contribution in [0.15, 0.2) is 15.5 Å². The van der Waals surface area contributed by atoms with E-state index >= 15 is 0 Å². The number of halogens is 1. The van der Waals surface area contributed by atoms with Crippen LogP contribution in [0.5, 0.6) is 0 Å². The summed E-state index contributed by atoms with van der Waals surface area (Å²) in [6, 6.07) is 1.79. The van der Waals surface area contributed by atoms with Crippen molar-refractivity contribution in [2.75, 3.05) is 12.4 Å². The molecule has 1 aromatic rings. The Kier molecular flexibility index (Phi) is 3.86. The molecule has 0 radical (unpaired) electrons. The molecule has 2 bridgehead atoms. The zero-order valence-corrected chi connectivity index (χ0v) is 13.6. The molecule has 1 aromatic heterocycles. The molecule has 0 aliphatic carbocycles. The van der Waals surface area contributed by atoms with E-state index in [1.54, 1.807) is 13.2 Å². The van der Waals surface area contributed by atoms with Crippen molar-refractivity contribution >= 4 is 21.6 Å². The molecule has 2 fully saturated rings. The smallest absolute Gasteiger partial charge is 0.282 e. The molecule has 2 atom stereocenters. The Morgan fingerprint density at radius 3 is 2.60 bits per heavy atom. The lowest BCUT2D eigenvalue weighted by Gasteiger charge is -2.47. The van der Waals surface area contributed by atoms with Crippen molar-refractivity contribution in [1.82, 2.24) is 14.7 Å². The Morgan fingerprint density at radius 2 is 1.95 bits per heavy atom. The highest BCUT2D eigenvalue weighted by Gasteiger charge is 2.36. The molecule has 1 N–H and O–H groups in total. The minimum atomic E-state index is -0.0943. The van der Waals surface area contributed by atoms with Crippen LogP contribution in [-0.4, -0.2) is 39.9 Å². The summed E-state index contributed by atoms with van der Waals surface area (Å²) in [4.78, 5) is 14.4. The SMILES string of the molecule is CN1[C@H]2CCC[C@H]1CC(Nc1cnn(C)c(=O)c1Br)C2. The number of hydrogen-bond acceptors (Lipinski definition) is 4. The summed E-state index contributed by atoms with van der Waals surface area (Å²) in [5.41, 5.74) is 0.726. The van der Waals surface area contributed by atoms with E-state index in [0.29, 0.717) is 22.6 Å². The van der Waals surface area contributed by atoms with Crippen LogP contribution in [-0.2, 0) is 7.05 Å². The Morgan fingerprint density at radius 1 is 1.30 bits per heavy atom. The molecule has 3 rings (SSSR count). The molecule has 110 valence electrons. The Hall–Kier alpha value is -0.880. The van der Waals surface area contributed by atoms with Crippen molar-refractivity contribution in [2.24, 2.45) is 7.05 Å². The van der Waals surface area contributed by atoms with E-state index in [-0.39, 0.29) is 5.56 Å². The number of nitrogens with one attached hydrogen (secondary N) is 1. The van der Waals surface area contributed by atoms with E-state index in [4.69, 9.17) is 0 Å². The highest BCUT2D eigenvalue weighted by Crippen LogP contribution is 2.34. The second kappa shape index (κ2) is 5.48. The third-order valence-electron chi connectivity index (χ3n) is 4.78. The molecule has 5 nitrogen and oxygen atoms in total. The zero-order chi connectivity index (χ0) is 14.3. The van der Waals surface area contributed by atoms with Gasteiger partial charge in [0.1, 0.15) is 4.47 Å². The summed E-state index contributed by atoms with van der Waals surface area (Å²) in [7, 11) is 3.91. The topological polar surface area (TPSA) is 50.2 Å². The predicted molar refractivity (Wildman–Crippen MR) is 83.0 cm³/mol. The Bertz CT molecular complexity index is 545. The first kappa shape index (κ1) is 14.1. The van der Waals surface area contributed by atoms with Gasteiger partial charge in [0.05, 0.1) is 11.9 Å². The molecule has 0 amide bonds. The van der Waals surface area contributed by atoms with Gasteiger partial charge in [0, 0.05) is 25.2 Å². The maximum Gasteiger partial charge on any atom is 0.282 e. The van der Waals surface area contributed by atoms with Gasteiger partial charge in [-0.05, 0) is 48.7 Å². The molecular formula is C14H21BrN4O. The lowest BCUT2D eigenvalue weighted by atomic mass is 9.82. The molecule has 3 heterocycles.